The zero-order chi connectivity index (χ0) is 31.2. The molecule has 0 aliphatic heterocycles. The zero-order valence-corrected chi connectivity index (χ0v) is 25.2. The first-order valence-electron chi connectivity index (χ1n) is 13.4. The van der Waals surface area contributed by atoms with Gasteiger partial charge >= 0.3 is 5.97 Å². The Hall–Kier alpha value is -4.77. The third-order valence-corrected chi connectivity index (χ3v) is 6.51. The van der Waals surface area contributed by atoms with Crippen molar-refractivity contribution in [1.29, 1.82) is 0 Å². The lowest BCUT2D eigenvalue weighted by molar-refractivity contribution is -0.121. The van der Waals surface area contributed by atoms with Gasteiger partial charge in [-0.05, 0) is 60.9 Å². The molecule has 0 radical (unpaired) electrons. The molecule has 0 atom stereocenters. The van der Waals surface area contributed by atoms with E-state index in [9.17, 15) is 14.4 Å². The number of nitrogens with zero attached hydrogens (tertiary/aromatic N) is 1. The minimum Gasteiger partial charge on any atom is -0.493 e. The van der Waals surface area contributed by atoms with E-state index in [1.165, 1.54) is 46.8 Å². The molecular formula is C31H34ClN3O8. The first-order valence-corrected chi connectivity index (χ1v) is 13.7. The zero-order valence-electron chi connectivity index (χ0n) is 24.4. The lowest BCUT2D eigenvalue weighted by atomic mass is 10.1. The maximum Gasteiger partial charge on any atom is 0.343 e. The summed E-state index contributed by atoms with van der Waals surface area (Å²) in [6.07, 6.45) is 3.87. The number of hydrogen-bond acceptors (Lipinski definition) is 9. The number of hydrogen-bond donors (Lipinski definition) is 2. The predicted octanol–water partition coefficient (Wildman–Crippen LogP) is 5.03. The third kappa shape index (κ3) is 9.37. The standard InChI is InChI=1S/C31H34ClN3O8/c1-39-25-16-20(13-14-24(25)43-31(38)21-17-26(40-2)29(42-4)27(18-21)41-3)19-34-35-28(36)12-6-5-9-15-33-30(37)22-10-7-8-11-23(22)32/h7-8,10-11,13-14,16-19H,5-6,9,12,15H2,1-4H3,(H,33,37)(H,35,36). The number of methoxy groups -OCH3 is 4. The van der Waals surface area contributed by atoms with Gasteiger partial charge in [0.25, 0.3) is 5.91 Å². The Kier molecular flexibility index (Phi) is 12.7. The van der Waals surface area contributed by atoms with Crippen LogP contribution < -0.4 is 34.4 Å². The van der Waals surface area contributed by atoms with Gasteiger partial charge in [-0.15, -0.1) is 0 Å². The smallest absolute Gasteiger partial charge is 0.343 e. The number of nitrogens with one attached hydrogen (secondary N) is 2. The van der Waals surface area contributed by atoms with E-state index in [2.05, 4.69) is 15.8 Å². The van der Waals surface area contributed by atoms with Crippen molar-refractivity contribution in [2.75, 3.05) is 35.0 Å². The van der Waals surface area contributed by atoms with E-state index in [-0.39, 0.29) is 35.3 Å². The molecule has 3 rings (SSSR count). The number of rotatable bonds is 15. The lowest BCUT2D eigenvalue weighted by Gasteiger charge is -2.14. The Labute approximate surface area is 255 Å². The van der Waals surface area contributed by atoms with Crippen LogP contribution in [0.4, 0.5) is 0 Å². The largest absolute Gasteiger partial charge is 0.493 e. The molecule has 0 bridgehead atoms. The molecule has 0 aromatic heterocycles. The van der Waals surface area contributed by atoms with Crippen LogP contribution in [-0.2, 0) is 4.79 Å². The Morgan fingerprint density at radius 2 is 1.51 bits per heavy atom. The van der Waals surface area contributed by atoms with Crippen LogP contribution in [0.15, 0.2) is 59.7 Å². The summed E-state index contributed by atoms with van der Waals surface area (Å²) in [5.41, 5.74) is 3.72. The molecule has 2 amide bonds. The van der Waals surface area contributed by atoms with E-state index in [0.717, 1.165) is 12.8 Å². The Bertz CT molecular complexity index is 1440. The van der Waals surface area contributed by atoms with Gasteiger partial charge in [-0.1, -0.05) is 30.2 Å². The highest BCUT2D eigenvalue weighted by atomic mass is 35.5. The quantitative estimate of drug-likeness (QED) is 0.0803. The maximum atomic E-state index is 12.9. The van der Waals surface area contributed by atoms with Gasteiger partial charge in [-0.25, -0.2) is 10.2 Å². The summed E-state index contributed by atoms with van der Waals surface area (Å²) in [6, 6.07) is 14.7. The maximum absolute atomic E-state index is 12.9. The second kappa shape index (κ2) is 16.6. The highest BCUT2D eigenvalue weighted by Gasteiger charge is 2.19. The van der Waals surface area contributed by atoms with Crippen molar-refractivity contribution < 1.29 is 38.1 Å². The van der Waals surface area contributed by atoms with Gasteiger partial charge in [0.1, 0.15) is 0 Å². The number of carbonyl (C=O) groups is 3. The molecule has 0 heterocycles. The fraction of sp³-hybridized carbons (Fsp3) is 0.290. The molecule has 12 heteroatoms. The average Bonchev–Trinajstić information content (AvgIpc) is 3.02. The Morgan fingerprint density at radius 1 is 0.814 bits per heavy atom. The molecule has 0 saturated carbocycles. The number of halogens is 1. The summed E-state index contributed by atoms with van der Waals surface area (Å²) in [5, 5.41) is 7.22. The van der Waals surface area contributed by atoms with Crippen LogP contribution in [0.1, 0.15) is 52.0 Å². The van der Waals surface area contributed by atoms with Crippen molar-refractivity contribution in [3.63, 3.8) is 0 Å². The molecule has 228 valence electrons. The van der Waals surface area contributed by atoms with Crippen LogP contribution in [0.3, 0.4) is 0 Å². The summed E-state index contributed by atoms with van der Waals surface area (Å²) < 4.78 is 26.8. The SMILES string of the molecule is COc1cc(C=NNC(=O)CCCCCNC(=O)c2ccccc2Cl)ccc1OC(=O)c1cc(OC)c(OC)c(OC)c1. The molecular weight excluding hydrogens is 578 g/mol. The van der Waals surface area contributed by atoms with Crippen molar-refractivity contribution >= 4 is 35.6 Å². The molecule has 0 saturated heterocycles. The van der Waals surface area contributed by atoms with Crippen LogP contribution in [0.5, 0.6) is 28.7 Å². The topological polar surface area (TPSA) is 134 Å². The Morgan fingerprint density at radius 3 is 2.16 bits per heavy atom. The second-order valence-corrected chi connectivity index (χ2v) is 9.46. The van der Waals surface area contributed by atoms with E-state index in [0.29, 0.717) is 46.4 Å². The van der Waals surface area contributed by atoms with E-state index in [1.807, 2.05) is 0 Å². The Balaban J connectivity index is 1.46. The molecule has 43 heavy (non-hydrogen) atoms. The van der Waals surface area contributed by atoms with E-state index >= 15 is 0 Å². The van der Waals surface area contributed by atoms with Crippen LogP contribution in [0.2, 0.25) is 5.02 Å². The fourth-order valence-electron chi connectivity index (χ4n) is 3.97. The van der Waals surface area contributed by atoms with E-state index in [1.54, 1.807) is 42.5 Å². The molecule has 0 aliphatic rings. The first kappa shape index (κ1) is 32.7. The average molecular weight is 612 g/mol. The van der Waals surface area contributed by atoms with Crippen LogP contribution in [-0.4, -0.2) is 59.0 Å². The predicted molar refractivity (Wildman–Crippen MR) is 162 cm³/mol. The van der Waals surface area contributed by atoms with E-state index < -0.39 is 5.97 Å². The second-order valence-electron chi connectivity index (χ2n) is 9.05. The van der Waals surface area contributed by atoms with Crippen molar-refractivity contribution in [3.05, 3.63) is 76.3 Å². The number of hydrazone groups is 1. The van der Waals surface area contributed by atoms with Gasteiger partial charge in [0.15, 0.2) is 23.0 Å². The minimum atomic E-state index is -0.658. The van der Waals surface area contributed by atoms with Gasteiger partial charge in [0.2, 0.25) is 11.7 Å². The molecule has 0 aliphatic carbocycles. The fourth-order valence-corrected chi connectivity index (χ4v) is 4.19. The highest BCUT2D eigenvalue weighted by Crippen LogP contribution is 2.38. The van der Waals surface area contributed by atoms with Crippen LogP contribution >= 0.6 is 11.6 Å². The summed E-state index contributed by atoms with van der Waals surface area (Å²) in [5.74, 6) is 0.334. The number of benzene rings is 3. The third-order valence-electron chi connectivity index (χ3n) is 6.18. The van der Waals surface area contributed by atoms with Gasteiger partial charge < -0.3 is 29.0 Å². The van der Waals surface area contributed by atoms with Crippen molar-refractivity contribution in [3.8, 4) is 28.7 Å². The molecule has 0 unspecified atom stereocenters. The first-order chi connectivity index (χ1) is 20.8. The summed E-state index contributed by atoms with van der Waals surface area (Å²) in [4.78, 5) is 37.2. The van der Waals surface area contributed by atoms with Crippen LogP contribution in [0, 0.1) is 0 Å². The minimum absolute atomic E-state index is 0.186. The molecule has 2 N–H and O–H groups in total. The van der Waals surface area contributed by atoms with Gasteiger partial charge in [0.05, 0.1) is 50.8 Å². The molecule has 0 spiro atoms. The van der Waals surface area contributed by atoms with Crippen LogP contribution in [0.25, 0.3) is 0 Å². The summed E-state index contributed by atoms with van der Waals surface area (Å²) in [7, 11) is 5.81. The van der Waals surface area contributed by atoms with Gasteiger partial charge in [-0.3, -0.25) is 9.59 Å². The highest BCUT2D eigenvalue weighted by molar-refractivity contribution is 6.33. The summed E-state index contributed by atoms with van der Waals surface area (Å²) >= 11 is 6.03. The lowest BCUT2D eigenvalue weighted by Crippen LogP contribution is -2.24. The van der Waals surface area contributed by atoms with Crippen molar-refractivity contribution in [1.82, 2.24) is 10.7 Å². The number of unbranched alkanes of at least 4 members (excludes halogenated alkanes) is 2. The molecule has 11 nitrogen and oxygen atoms in total. The normalized spacial score (nSPS) is 10.6. The van der Waals surface area contributed by atoms with Crippen molar-refractivity contribution in [2.45, 2.75) is 25.7 Å². The van der Waals surface area contributed by atoms with Crippen molar-refractivity contribution in [2.24, 2.45) is 5.10 Å². The number of carbonyl (C=O) groups excluding carboxylic acids is 3. The molecule has 3 aromatic rings. The molecule has 3 aromatic carbocycles. The summed E-state index contributed by atoms with van der Waals surface area (Å²) in [6.45, 7) is 0.486. The monoisotopic (exact) mass is 611 g/mol. The molecule has 0 fully saturated rings. The van der Waals surface area contributed by atoms with Gasteiger partial charge in [-0.2, -0.15) is 5.10 Å². The number of amides is 2. The number of ether oxygens (including phenoxy) is 5. The van der Waals surface area contributed by atoms with Gasteiger partial charge in [0, 0.05) is 13.0 Å². The number of esters is 1. The van der Waals surface area contributed by atoms with E-state index in [4.69, 9.17) is 35.3 Å².